The molecule has 0 radical (unpaired) electrons. The number of carbonyl (C=O) groups is 1. The van der Waals surface area contributed by atoms with Gasteiger partial charge < -0.3 is 9.42 Å². The quantitative estimate of drug-likeness (QED) is 0.936. The highest BCUT2D eigenvalue weighted by atomic mass is 32.1. The minimum absolute atomic E-state index is 0.0549. The standard InChI is InChI=1S/C15H20N4O2S/c1-11-10-13(21-17-11)16-15(20)12(2)18-5-7-19(8-6-18)14-4-3-9-22-14/h3-4,9-10,12H,5-8H2,1-2H3,(H,16,20). The van der Waals surface area contributed by atoms with Crippen molar-refractivity contribution in [3.63, 3.8) is 0 Å². The molecule has 1 fully saturated rings. The van der Waals surface area contributed by atoms with Crippen molar-refractivity contribution in [2.45, 2.75) is 19.9 Å². The number of amides is 1. The van der Waals surface area contributed by atoms with Crippen molar-refractivity contribution in [1.82, 2.24) is 10.1 Å². The zero-order chi connectivity index (χ0) is 15.5. The van der Waals surface area contributed by atoms with E-state index in [4.69, 9.17) is 4.52 Å². The third-order valence-electron chi connectivity index (χ3n) is 3.93. The summed E-state index contributed by atoms with van der Waals surface area (Å²) in [6.07, 6.45) is 0. The first-order valence-electron chi connectivity index (χ1n) is 7.40. The van der Waals surface area contributed by atoms with Crippen LogP contribution in [0.5, 0.6) is 0 Å². The van der Waals surface area contributed by atoms with Gasteiger partial charge in [-0.2, -0.15) is 0 Å². The average Bonchev–Trinajstić information content (AvgIpc) is 3.18. The highest BCUT2D eigenvalue weighted by Gasteiger charge is 2.26. The number of nitrogens with zero attached hydrogens (tertiary/aromatic N) is 3. The molecule has 22 heavy (non-hydrogen) atoms. The van der Waals surface area contributed by atoms with Gasteiger partial charge in [-0.3, -0.25) is 15.0 Å². The van der Waals surface area contributed by atoms with Crippen LogP contribution in [0.2, 0.25) is 0 Å². The van der Waals surface area contributed by atoms with Gasteiger partial charge in [0.15, 0.2) is 0 Å². The molecule has 0 bridgehead atoms. The van der Waals surface area contributed by atoms with Gasteiger partial charge in [-0.15, -0.1) is 11.3 Å². The molecule has 0 saturated carbocycles. The van der Waals surface area contributed by atoms with Crippen LogP contribution in [-0.4, -0.2) is 48.2 Å². The number of thiophene rings is 1. The summed E-state index contributed by atoms with van der Waals surface area (Å²) in [5, 5.41) is 9.94. The van der Waals surface area contributed by atoms with E-state index in [0.717, 1.165) is 31.9 Å². The van der Waals surface area contributed by atoms with E-state index >= 15 is 0 Å². The molecule has 1 aliphatic heterocycles. The molecule has 1 saturated heterocycles. The number of aromatic nitrogens is 1. The Hall–Kier alpha value is -1.86. The lowest BCUT2D eigenvalue weighted by Gasteiger charge is -2.37. The van der Waals surface area contributed by atoms with Crippen molar-refractivity contribution < 1.29 is 9.32 Å². The second kappa shape index (κ2) is 6.50. The molecule has 1 unspecified atom stereocenters. The van der Waals surface area contributed by atoms with Crippen LogP contribution >= 0.6 is 11.3 Å². The van der Waals surface area contributed by atoms with E-state index in [1.54, 1.807) is 17.4 Å². The van der Waals surface area contributed by atoms with Crippen molar-refractivity contribution in [2.75, 3.05) is 36.4 Å². The second-order valence-corrected chi connectivity index (χ2v) is 6.40. The van der Waals surface area contributed by atoms with E-state index in [9.17, 15) is 4.79 Å². The minimum Gasteiger partial charge on any atom is -0.361 e. The first-order valence-corrected chi connectivity index (χ1v) is 8.28. The number of anilines is 2. The number of piperazine rings is 1. The van der Waals surface area contributed by atoms with Crippen LogP contribution in [0.15, 0.2) is 28.1 Å². The SMILES string of the molecule is Cc1cc(NC(=O)C(C)N2CCN(c3cccs3)CC2)on1. The van der Waals surface area contributed by atoms with Crippen molar-refractivity contribution >= 4 is 28.1 Å². The van der Waals surface area contributed by atoms with Crippen LogP contribution in [0.25, 0.3) is 0 Å². The number of carbonyl (C=O) groups excluding carboxylic acids is 1. The largest absolute Gasteiger partial charge is 0.361 e. The molecule has 1 atom stereocenters. The van der Waals surface area contributed by atoms with E-state index in [1.807, 2.05) is 13.8 Å². The third kappa shape index (κ3) is 3.31. The molecule has 0 aliphatic carbocycles. The number of hydrogen-bond acceptors (Lipinski definition) is 6. The van der Waals surface area contributed by atoms with Crippen LogP contribution in [-0.2, 0) is 4.79 Å². The summed E-state index contributed by atoms with van der Waals surface area (Å²) < 4.78 is 5.03. The van der Waals surface area contributed by atoms with Gasteiger partial charge in [0, 0.05) is 32.2 Å². The Morgan fingerprint density at radius 1 is 1.41 bits per heavy atom. The van der Waals surface area contributed by atoms with Gasteiger partial charge in [-0.05, 0) is 31.4 Å². The van der Waals surface area contributed by atoms with Crippen LogP contribution in [0, 0.1) is 6.92 Å². The lowest BCUT2D eigenvalue weighted by molar-refractivity contribution is -0.121. The van der Waals surface area contributed by atoms with Gasteiger partial charge >= 0.3 is 0 Å². The number of hydrogen-bond donors (Lipinski definition) is 1. The van der Waals surface area contributed by atoms with Gasteiger partial charge in [0.1, 0.15) is 0 Å². The fourth-order valence-electron chi connectivity index (χ4n) is 2.59. The summed E-state index contributed by atoms with van der Waals surface area (Å²) in [6.45, 7) is 7.40. The van der Waals surface area contributed by atoms with Crippen LogP contribution in [0.4, 0.5) is 10.9 Å². The summed E-state index contributed by atoms with van der Waals surface area (Å²) in [5.41, 5.74) is 0.757. The predicted molar refractivity (Wildman–Crippen MR) is 87.4 cm³/mol. The highest BCUT2D eigenvalue weighted by Crippen LogP contribution is 2.23. The van der Waals surface area contributed by atoms with E-state index in [2.05, 4.69) is 37.8 Å². The molecule has 1 aliphatic rings. The normalized spacial score (nSPS) is 17.5. The van der Waals surface area contributed by atoms with Crippen molar-refractivity contribution in [1.29, 1.82) is 0 Å². The molecular formula is C15H20N4O2S. The van der Waals surface area contributed by atoms with Crippen molar-refractivity contribution in [2.24, 2.45) is 0 Å². The maximum absolute atomic E-state index is 12.3. The molecule has 6 nitrogen and oxygen atoms in total. The molecule has 2 aromatic rings. The van der Waals surface area contributed by atoms with Crippen molar-refractivity contribution in [3.05, 3.63) is 29.3 Å². The lowest BCUT2D eigenvalue weighted by atomic mass is 10.2. The van der Waals surface area contributed by atoms with E-state index in [1.165, 1.54) is 5.00 Å². The molecule has 1 amide bonds. The van der Waals surface area contributed by atoms with Crippen LogP contribution < -0.4 is 10.2 Å². The number of nitrogens with one attached hydrogen (secondary N) is 1. The van der Waals surface area contributed by atoms with Gasteiger partial charge in [0.25, 0.3) is 0 Å². The Balaban J connectivity index is 1.53. The Bertz CT molecular complexity index is 617. The number of aryl methyl sites for hydroxylation is 1. The Kier molecular flexibility index (Phi) is 4.44. The maximum Gasteiger partial charge on any atom is 0.243 e. The van der Waals surface area contributed by atoms with E-state index in [-0.39, 0.29) is 11.9 Å². The first-order chi connectivity index (χ1) is 10.6. The van der Waals surface area contributed by atoms with Crippen LogP contribution in [0.3, 0.4) is 0 Å². The molecule has 3 rings (SSSR count). The molecule has 118 valence electrons. The molecule has 7 heteroatoms. The zero-order valence-corrected chi connectivity index (χ0v) is 13.6. The van der Waals surface area contributed by atoms with Crippen LogP contribution in [0.1, 0.15) is 12.6 Å². The molecule has 2 aromatic heterocycles. The molecule has 3 heterocycles. The topological polar surface area (TPSA) is 61.6 Å². The molecule has 0 spiro atoms. The third-order valence-corrected chi connectivity index (χ3v) is 4.86. The minimum atomic E-state index is -0.184. The fraction of sp³-hybridized carbons (Fsp3) is 0.467. The molecular weight excluding hydrogens is 300 g/mol. The van der Waals surface area contributed by atoms with Gasteiger partial charge in [-0.25, -0.2) is 0 Å². The van der Waals surface area contributed by atoms with E-state index in [0.29, 0.717) is 5.88 Å². The second-order valence-electron chi connectivity index (χ2n) is 5.47. The summed E-state index contributed by atoms with van der Waals surface area (Å²) in [5.74, 6) is 0.354. The van der Waals surface area contributed by atoms with Gasteiger partial charge in [-0.1, -0.05) is 5.16 Å². The Morgan fingerprint density at radius 2 is 2.18 bits per heavy atom. The summed E-state index contributed by atoms with van der Waals surface area (Å²) in [7, 11) is 0. The van der Waals surface area contributed by atoms with Gasteiger partial charge in [0.2, 0.25) is 11.8 Å². The predicted octanol–water partition coefficient (Wildman–Crippen LogP) is 2.19. The monoisotopic (exact) mass is 320 g/mol. The van der Waals surface area contributed by atoms with E-state index < -0.39 is 0 Å². The molecule has 1 N–H and O–H groups in total. The summed E-state index contributed by atoms with van der Waals surface area (Å²) >= 11 is 1.76. The maximum atomic E-state index is 12.3. The summed E-state index contributed by atoms with van der Waals surface area (Å²) in [6, 6.07) is 5.75. The summed E-state index contributed by atoms with van der Waals surface area (Å²) in [4.78, 5) is 16.8. The number of rotatable bonds is 4. The Morgan fingerprint density at radius 3 is 2.77 bits per heavy atom. The highest BCUT2D eigenvalue weighted by molar-refractivity contribution is 7.14. The fourth-order valence-corrected chi connectivity index (χ4v) is 3.38. The lowest BCUT2D eigenvalue weighted by Crippen LogP contribution is -2.52. The Labute approximate surface area is 133 Å². The average molecular weight is 320 g/mol. The molecule has 0 aromatic carbocycles. The van der Waals surface area contributed by atoms with Crippen molar-refractivity contribution in [3.8, 4) is 0 Å². The first kappa shape index (κ1) is 15.1. The smallest absolute Gasteiger partial charge is 0.243 e. The van der Waals surface area contributed by atoms with Gasteiger partial charge in [0.05, 0.1) is 16.7 Å². The zero-order valence-electron chi connectivity index (χ0n) is 12.8.